The Balaban J connectivity index is 1.73. The topological polar surface area (TPSA) is 32.8 Å². The average molecular weight is 294 g/mol. The number of hydrogen-bond donors (Lipinski definition) is 0. The summed E-state index contributed by atoms with van der Waals surface area (Å²) in [5.41, 5.74) is 0.120. The first-order valence-electron chi connectivity index (χ1n) is 8.76. The average Bonchev–Trinajstić information content (AvgIpc) is 2.78. The zero-order valence-corrected chi connectivity index (χ0v) is 13.6. The molecule has 0 N–H and O–H groups in total. The third-order valence-corrected chi connectivity index (χ3v) is 6.15. The molecule has 0 aliphatic carbocycles. The van der Waals surface area contributed by atoms with Gasteiger partial charge in [0.1, 0.15) is 0 Å². The van der Waals surface area contributed by atoms with E-state index in [1.54, 1.807) is 0 Å². The van der Waals surface area contributed by atoms with Gasteiger partial charge in [-0.2, -0.15) is 0 Å². The van der Waals surface area contributed by atoms with Crippen LogP contribution in [0.4, 0.5) is 0 Å². The van der Waals surface area contributed by atoms with Crippen LogP contribution in [-0.2, 0) is 9.53 Å². The molecule has 4 nitrogen and oxygen atoms in total. The number of likely N-dealkylation sites (N-methyl/N-ethyl adjacent to an activating group) is 1. The molecule has 120 valence electrons. The molecule has 0 bridgehead atoms. The van der Waals surface area contributed by atoms with Gasteiger partial charge in [0, 0.05) is 39.3 Å². The number of likely N-dealkylation sites (tertiary alicyclic amines) is 2. The molecule has 0 aromatic rings. The summed E-state index contributed by atoms with van der Waals surface area (Å²) < 4.78 is 5.50. The summed E-state index contributed by atoms with van der Waals surface area (Å²) in [6, 6.07) is 0.547. The van der Waals surface area contributed by atoms with E-state index in [1.165, 1.54) is 38.8 Å². The van der Waals surface area contributed by atoms with E-state index in [2.05, 4.69) is 16.7 Å². The van der Waals surface area contributed by atoms with Crippen molar-refractivity contribution in [1.29, 1.82) is 0 Å². The van der Waals surface area contributed by atoms with E-state index >= 15 is 0 Å². The molecule has 0 saturated carbocycles. The van der Waals surface area contributed by atoms with Crippen LogP contribution < -0.4 is 0 Å². The van der Waals surface area contributed by atoms with E-state index in [0.717, 1.165) is 38.4 Å². The molecule has 0 aromatic heterocycles. The van der Waals surface area contributed by atoms with Gasteiger partial charge in [0.05, 0.1) is 5.54 Å². The predicted octanol–water partition coefficient (Wildman–Crippen LogP) is 2.28. The molecule has 0 aromatic carbocycles. The molecule has 3 aliphatic heterocycles. The van der Waals surface area contributed by atoms with Crippen molar-refractivity contribution in [3.63, 3.8) is 0 Å². The van der Waals surface area contributed by atoms with Crippen LogP contribution in [0.3, 0.4) is 0 Å². The van der Waals surface area contributed by atoms with Crippen molar-refractivity contribution in [2.75, 3.05) is 33.4 Å². The number of rotatable bonds is 3. The van der Waals surface area contributed by atoms with Crippen molar-refractivity contribution >= 4 is 5.91 Å². The van der Waals surface area contributed by atoms with Crippen LogP contribution in [0.2, 0.25) is 0 Å². The van der Waals surface area contributed by atoms with Gasteiger partial charge in [0.15, 0.2) is 0 Å². The van der Waals surface area contributed by atoms with Crippen molar-refractivity contribution in [1.82, 2.24) is 9.80 Å². The molecule has 0 unspecified atom stereocenters. The molecule has 3 heterocycles. The minimum atomic E-state index is 0.120. The van der Waals surface area contributed by atoms with Gasteiger partial charge in [0.25, 0.3) is 0 Å². The summed E-state index contributed by atoms with van der Waals surface area (Å²) in [5.74, 6) is 1.13. The summed E-state index contributed by atoms with van der Waals surface area (Å²) in [6.45, 7) is 6.56. The Kier molecular flexibility index (Phi) is 4.55. The summed E-state index contributed by atoms with van der Waals surface area (Å²) >= 11 is 0. The lowest BCUT2D eigenvalue weighted by molar-refractivity contribution is -0.133. The second-order valence-electron chi connectivity index (χ2n) is 7.13. The SMILES string of the molecule is CC[C@@H]1N(CC2CCOCC2)CCC[C@]12CCC(=O)N2C. The first-order valence-corrected chi connectivity index (χ1v) is 8.76. The smallest absolute Gasteiger partial charge is 0.222 e. The lowest BCUT2D eigenvalue weighted by Gasteiger charge is -2.52. The van der Waals surface area contributed by atoms with Crippen LogP contribution in [-0.4, -0.2) is 60.6 Å². The Morgan fingerprint density at radius 3 is 2.67 bits per heavy atom. The fraction of sp³-hybridized carbons (Fsp3) is 0.941. The highest BCUT2D eigenvalue weighted by Gasteiger charge is 2.51. The number of carbonyl (C=O) groups excluding carboxylic acids is 1. The number of piperidine rings is 1. The van der Waals surface area contributed by atoms with E-state index in [1.807, 2.05) is 7.05 Å². The Hall–Kier alpha value is -0.610. The maximum Gasteiger partial charge on any atom is 0.222 e. The van der Waals surface area contributed by atoms with Crippen LogP contribution in [0.25, 0.3) is 0 Å². The molecule has 3 rings (SSSR count). The van der Waals surface area contributed by atoms with Gasteiger partial charge in [-0.05, 0) is 51.0 Å². The molecular weight excluding hydrogens is 264 g/mol. The molecule has 1 amide bonds. The van der Waals surface area contributed by atoms with Crippen LogP contribution in [0.15, 0.2) is 0 Å². The second kappa shape index (κ2) is 6.25. The van der Waals surface area contributed by atoms with E-state index in [0.29, 0.717) is 11.9 Å². The summed E-state index contributed by atoms with van der Waals surface area (Å²) in [7, 11) is 2.04. The third-order valence-electron chi connectivity index (χ3n) is 6.15. The monoisotopic (exact) mass is 294 g/mol. The second-order valence-corrected chi connectivity index (χ2v) is 7.13. The highest BCUT2D eigenvalue weighted by atomic mass is 16.5. The first kappa shape index (κ1) is 15.3. The van der Waals surface area contributed by atoms with Crippen LogP contribution in [0, 0.1) is 5.92 Å². The van der Waals surface area contributed by atoms with Gasteiger partial charge >= 0.3 is 0 Å². The molecule has 2 atom stereocenters. The fourth-order valence-electron chi connectivity index (χ4n) is 4.96. The van der Waals surface area contributed by atoms with Crippen LogP contribution >= 0.6 is 0 Å². The maximum atomic E-state index is 12.1. The lowest BCUT2D eigenvalue weighted by Crippen LogP contribution is -2.62. The van der Waals surface area contributed by atoms with E-state index in [-0.39, 0.29) is 5.54 Å². The van der Waals surface area contributed by atoms with Crippen molar-refractivity contribution in [3.8, 4) is 0 Å². The zero-order chi connectivity index (χ0) is 14.9. The molecule has 3 aliphatic rings. The molecule has 4 heteroatoms. The maximum absolute atomic E-state index is 12.1. The predicted molar refractivity (Wildman–Crippen MR) is 83.2 cm³/mol. The van der Waals surface area contributed by atoms with Gasteiger partial charge in [-0.15, -0.1) is 0 Å². The minimum absolute atomic E-state index is 0.120. The van der Waals surface area contributed by atoms with Gasteiger partial charge in [0.2, 0.25) is 5.91 Å². The summed E-state index contributed by atoms with van der Waals surface area (Å²) in [4.78, 5) is 16.9. The fourth-order valence-corrected chi connectivity index (χ4v) is 4.96. The quantitative estimate of drug-likeness (QED) is 0.800. The van der Waals surface area contributed by atoms with Crippen molar-refractivity contribution in [2.45, 2.75) is 63.5 Å². The normalized spacial score (nSPS) is 35.8. The van der Waals surface area contributed by atoms with E-state index in [9.17, 15) is 4.79 Å². The third kappa shape index (κ3) is 2.72. The van der Waals surface area contributed by atoms with Crippen molar-refractivity contribution < 1.29 is 9.53 Å². The van der Waals surface area contributed by atoms with E-state index < -0.39 is 0 Å². The number of carbonyl (C=O) groups is 1. The summed E-state index contributed by atoms with van der Waals surface area (Å²) in [6.07, 6.45) is 7.79. The molecule has 21 heavy (non-hydrogen) atoms. The zero-order valence-electron chi connectivity index (χ0n) is 13.6. The minimum Gasteiger partial charge on any atom is -0.381 e. The highest BCUT2D eigenvalue weighted by molar-refractivity contribution is 5.79. The molecular formula is C17H30N2O2. The van der Waals surface area contributed by atoms with Gasteiger partial charge in [-0.1, -0.05) is 6.92 Å². The highest BCUT2D eigenvalue weighted by Crippen LogP contribution is 2.42. The number of ether oxygens (including phenoxy) is 1. The Morgan fingerprint density at radius 1 is 1.29 bits per heavy atom. The van der Waals surface area contributed by atoms with Crippen molar-refractivity contribution in [3.05, 3.63) is 0 Å². The number of nitrogens with zero attached hydrogens (tertiary/aromatic N) is 2. The lowest BCUT2D eigenvalue weighted by atomic mass is 9.77. The number of amides is 1. The molecule has 1 spiro atoms. The Bertz CT molecular complexity index is 381. The van der Waals surface area contributed by atoms with Gasteiger partial charge in [-0.3, -0.25) is 9.69 Å². The van der Waals surface area contributed by atoms with Crippen LogP contribution in [0.1, 0.15) is 51.9 Å². The standard InChI is InChI=1S/C17H30N2O2/c1-3-15-17(9-5-16(20)18(17)2)8-4-10-19(15)13-14-6-11-21-12-7-14/h14-15H,3-13H2,1-2H3/t15-,17-/m0/s1. The molecule has 3 saturated heterocycles. The van der Waals surface area contributed by atoms with Crippen LogP contribution in [0.5, 0.6) is 0 Å². The van der Waals surface area contributed by atoms with Gasteiger partial charge < -0.3 is 9.64 Å². The number of hydrogen-bond acceptors (Lipinski definition) is 3. The Morgan fingerprint density at radius 2 is 2.05 bits per heavy atom. The first-order chi connectivity index (χ1) is 10.2. The van der Waals surface area contributed by atoms with Crippen molar-refractivity contribution in [2.24, 2.45) is 5.92 Å². The molecule has 0 radical (unpaired) electrons. The molecule has 3 fully saturated rings. The largest absolute Gasteiger partial charge is 0.381 e. The van der Waals surface area contributed by atoms with E-state index in [4.69, 9.17) is 4.74 Å². The Labute approximate surface area is 128 Å². The summed E-state index contributed by atoms with van der Waals surface area (Å²) in [5, 5.41) is 0. The van der Waals surface area contributed by atoms with Gasteiger partial charge in [-0.25, -0.2) is 0 Å².